The molecule has 0 saturated heterocycles. The van der Waals surface area contributed by atoms with Gasteiger partial charge < -0.3 is 14.8 Å². The molecule has 6 rings (SSSR count). The number of aromatic nitrogens is 6. The highest BCUT2D eigenvalue weighted by molar-refractivity contribution is 5.66. The van der Waals surface area contributed by atoms with Gasteiger partial charge in [-0.1, -0.05) is 42.5 Å². The molecule has 0 saturated carbocycles. The molecule has 40 heavy (non-hydrogen) atoms. The molecule has 0 atom stereocenters. The van der Waals surface area contributed by atoms with Crippen LogP contribution in [-0.4, -0.2) is 30.6 Å². The Morgan fingerprint density at radius 2 is 1.52 bits per heavy atom. The van der Waals surface area contributed by atoms with E-state index < -0.39 is 0 Å². The first-order valence-corrected chi connectivity index (χ1v) is 12.7. The lowest BCUT2D eigenvalue weighted by Gasteiger charge is -2.11. The second kappa shape index (κ2) is 11.4. The number of hydrogen-bond acceptors (Lipinski definition) is 8. The molecule has 196 valence electrons. The van der Waals surface area contributed by atoms with E-state index in [2.05, 4.69) is 30.9 Å². The molecule has 9 nitrogen and oxygen atoms in total. The molecule has 0 aliphatic heterocycles. The van der Waals surface area contributed by atoms with E-state index in [1.54, 1.807) is 0 Å². The summed E-state index contributed by atoms with van der Waals surface area (Å²) in [5.74, 6) is 3.24. The van der Waals surface area contributed by atoms with E-state index in [9.17, 15) is 0 Å². The highest BCUT2D eigenvalue weighted by Gasteiger charge is 2.09. The number of hydrogen-bond donors (Lipinski definition) is 2. The molecule has 2 N–H and O–H groups in total. The van der Waals surface area contributed by atoms with Gasteiger partial charge in [-0.15, -0.1) is 10.2 Å². The summed E-state index contributed by atoms with van der Waals surface area (Å²) in [6.45, 7) is 2.46. The van der Waals surface area contributed by atoms with Crippen molar-refractivity contribution in [3.05, 3.63) is 120 Å². The molecule has 0 unspecified atom stereocenters. The van der Waals surface area contributed by atoms with E-state index in [1.165, 1.54) is 0 Å². The number of aromatic amines is 1. The summed E-state index contributed by atoms with van der Waals surface area (Å²) in [6, 6.07) is 35.1. The first-order chi connectivity index (χ1) is 19.7. The second-order valence-corrected chi connectivity index (χ2v) is 9.03. The minimum Gasteiger partial charge on any atom is -0.489 e. The summed E-state index contributed by atoms with van der Waals surface area (Å²) in [5, 5.41) is 17.3. The van der Waals surface area contributed by atoms with Gasteiger partial charge in [-0.05, 0) is 84.4 Å². The van der Waals surface area contributed by atoms with Gasteiger partial charge in [0.15, 0.2) is 0 Å². The van der Waals surface area contributed by atoms with Crippen molar-refractivity contribution in [1.82, 2.24) is 30.6 Å². The SMILES string of the molecule is Cc1cc(-c2cccc(Oc3ccc(OCc4ccccc4)cc3)c2)nc(Nc2ccc(-c3nn[nH]n3)cc2)n1. The van der Waals surface area contributed by atoms with Gasteiger partial charge in [0, 0.05) is 22.5 Å². The van der Waals surface area contributed by atoms with E-state index >= 15 is 0 Å². The van der Waals surface area contributed by atoms with Crippen LogP contribution in [0.25, 0.3) is 22.6 Å². The van der Waals surface area contributed by atoms with Crippen LogP contribution in [0.1, 0.15) is 11.3 Å². The van der Waals surface area contributed by atoms with Gasteiger partial charge in [-0.2, -0.15) is 5.21 Å². The van der Waals surface area contributed by atoms with Crippen molar-refractivity contribution < 1.29 is 9.47 Å². The van der Waals surface area contributed by atoms with Crippen LogP contribution in [0.3, 0.4) is 0 Å². The summed E-state index contributed by atoms with van der Waals surface area (Å²) in [5.41, 5.74) is 5.37. The Balaban J connectivity index is 1.13. The third kappa shape index (κ3) is 6.11. The van der Waals surface area contributed by atoms with Crippen LogP contribution in [0.2, 0.25) is 0 Å². The van der Waals surface area contributed by atoms with E-state index in [0.29, 0.717) is 24.1 Å². The Kier molecular flexibility index (Phi) is 7.08. The third-order valence-electron chi connectivity index (χ3n) is 6.04. The highest BCUT2D eigenvalue weighted by Crippen LogP contribution is 2.29. The van der Waals surface area contributed by atoms with E-state index in [-0.39, 0.29) is 0 Å². The van der Waals surface area contributed by atoms with Gasteiger partial charge in [0.1, 0.15) is 23.9 Å². The first-order valence-electron chi connectivity index (χ1n) is 12.7. The molecular formula is C31H25N7O2. The molecular weight excluding hydrogens is 502 g/mol. The van der Waals surface area contributed by atoms with Crippen molar-refractivity contribution in [2.24, 2.45) is 0 Å². The fourth-order valence-electron chi connectivity index (χ4n) is 4.09. The minimum absolute atomic E-state index is 0.500. The molecule has 0 spiro atoms. The number of anilines is 2. The molecule has 0 aliphatic carbocycles. The molecule has 9 heteroatoms. The predicted octanol–water partition coefficient (Wildman–Crippen LogP) is 6.75. The number of aryl methyl sites for hydroxylation is 1. The molecule has 0 fully saturated rings. The van der Waals surface area contributed by atoms with Gasteiger partial charge in [0.2, 0.25) is 11.8 Å². The summed E-state index contributed by atoms with van der Waals surface area (Å²) >= 11 is 0. The summed E-state index contributed by atoms with van der Waals surface area (Å²) < 4.78 is 12.0. The van der Waals surface area contributed by atoms with Crippen LogP contribution >= 0.6 is 0 Å². The normalized spacial score (nSPS) is 10.7. The van der Waals surface area contributed by atoms with Crippen LogP contribution in [0.4, 0.5) is 11.6 Å². The number of nitrogens with one attached hydrogen (secondary N) is 2. The molecule has 0 radical (unpaired) electrons. The number of nitrogens with zero attached hydrogens (tertiary/aromatic N) is 5. The quantitative estimate of drug-likeness (QED) is 0.212. The van der Waals surface area contributed by atoms with Crippen molar-refractivity contribution in [1.29, 1.82) is 0 Å². The Hall–Kier alpha value is -5.57. The lowest BCUT2D eigenvalue weighted by molar-refractivity contribution is 0.306. The van der Waals surface area contributed by atoms with Crippen molar-refractivity contribution in [2.45, 2.75) is 13.5 Å². The Labute approximate surface area is 230 Å². The predicted molar refractivity (Wildman–Crippen MR) is 152 cm³/mol. The number of ether oxygens (including phenoxy) is 2. The molecule has 0 aliphatic rings. The first kappa shape index (κ1) is 24.7. The van der Waals surface area contributed by atoms with Gasteiger partial charge in [-0.25, -0.2) is 9.97 Å². The maximum atomic E-state index is 6.12. The van der Waals surface area contributed by atoms with Crippen molar-refractivity contribution in [3.8, 4) is 39.9 Å². The van der Waals surface area contributed by atoms with Crippen molar-refractivity contribution >= 4 is 11.6 Å². The minimum atomic E-state index is 0.500. The second-order valence-electron chi connectivity index (χ2n) is 9.03. The van der Waals surface area contributed by atoms with Gasteiger partial charge in [0.05, 0.1) is 5.69 Å². The van der Waals surface area contributed by atoms with Crippen molar-refractivity contribution in [2.75, 3.05) is 5.32 Å². The topological polar surface area (TPSA) is 111 Å². The number of benzene rings is 4. The molecule has 6 aromatic rings. The zero-order valence-electron chi connectivity index (χ0n) is 21.7. The van der Waals surface area contributed by atoms with E-state index in [4.69, 9.17) is 14.5 Å². The van der Waals surface area contributed by atoms with Crippen molar-refractivity contribution in [3.63, 3.8) is 0 Å². The third-order valence-corrected chi connectivity index (χ3v) is 6.04. The molecule has 0 bridgehead atoms. The highest BCUT2D eigenvalue weighted by atomic mass is 16.5. The Morgan fingerprint density at radius 3 is 2.30 bits per heavy atom. The lowest BCUT2D eigenvalue weighted by atomic mass is 10.1. The van der Waals surface area contributed by atoms with Crippen LogP contribution in [0.5, 0.6) is 17.2 Å². The van der Waals surface area contributed by atoms with E-state index in [1.807, 2.05) is 116 Å². The standard InChI is InChI=1S/C31H25N7O2/c1-21-18-29(34-31(32-21)33-25-12-10-23(11-13-25)30-35-37-38-36-30)24-8-5-9-28(19-24)40-27-16-14-26(15-17-27)39-20-22-6-3-2-4-7-22/h2-19H,20H2,1H3,(H,32,33,34)(H,35,36,37,38). The zero-order valence-corrected chi connectivity index (χ0v) is 21.7. The fourth-order valence-corrected chi connectivity index (χ4v) is 4.09. The molecule has 2 heterocycles. The van der Waals surface area contributed by atoms with Crippen LogP contribution in [0.15, 0.2) is 109 Å². The summed E-state index contributed by atoms with van der Waals surface area (Å²) in [6.07, 6.45) is 0. The van der Waals surface area contributed by atoms with Crippen LogP contribution < -0.4 is 14.8 Å². The van der Waals surface area contributed by atoms with Gasteiger partial charge in [0.25, 0.3) is 0 Å². The number of rotatable bonds is 9. The summed E-state index contributed by atoms with van der Waals surface area (Å²) in [7, 11) is 0. The molecule has 2 aromatic heterocycles. The fraction of sp³-hybridized carbons (Fsp3) is 0.0645. The average molecular weight is 528 g/mol. The van der Waals surface area contributed by atoms with E-state index in [0.717, 1.165) is 45.3 Å². The van der Waals surface area contributed by atoms with Gasteiger partial charge >= 0.3 is 0 Å². The maximum Gasteiger partial charge on any atom is 0.227 e. The molecule has 4 aromatic carbocycles. The average Bonchev–Trinajstić information content (AvgIpc) is 3.53. The monoisotopic (exact) mass is 527 g/mol. The zero-order chi connectivity index (χ0) is 27.1. The largest absolute Gasteiger partial charge is 0.489 e. The summed E-state index contributed by atoms with van der Waals surface area (Å²) in [4.78, 5) is 9.30. The number of tetrazole rings is 1. The van der Waals surface area contributed by atoms with Crippen LogP contribution in [0, 0.1) is 6.92 Å². The molecule has 0 amide bonds. The van der Waals surface area contributed by atoms with Crippen LogP contribution in [-0.2, 0) is 6.61 Å². The number of H-pyrrole nitrogens is 1. The maximum absolute atomic E-state index is 6.12. The Bertz CT molecular complexity index is 1690. The smallest absolute Gasteiger partial charge is 0.227 e. The Morgan fingerprint density at radius 1 is 0.725 bits per heavy atom. The lowest BCUT2D eigenvalue weighted by Crippen LogP contribution is -2.00. The van der Waals surface area contributed by atoms with Gasteiger partial charge in [-0.3, -0.25) is 0 Å².